The van der Waals surface area contributed by atoms with Crippen LogP contribution in [0, 0.1) is 17.8 Å². The molecule has 0 atom stereocenters. The van der Waals surface area contributed by atoms with Gasteiger partial charge in [0, 0.05) is 43.2 Å². The Bertz CT molecular complexity index is 902. The normalized spacial score (nSPS) is 28.3. The van der Waals surface area contributed by atoms with Crippen LogP contribution in [0.4, 0.5) is 4.79 Å². The molecule has 0 aliphatic heterocycles. The Morgan fingerprint density at radius 1 is 0.875 bits per heavy atom. The minimum absolute atomic E-state index is 0.168. The Morgan fingerprint density at radius 2 is 1.31 bits per heavy atom. The number of carbonyl (C=O) groups excluding carboxylic acids is 1. The van der Waals surface area contributed by atoms with Crippen molar-refractivity contribution in [3.63, 3.8) is 0 Å². The van der Waals surface area contributed by atoms with Gasteiger partial charge in [0.05, 0.1) is 0 Å². The van der Waals surface area contributed by atoms with Crippen LogP contribution in [0.2, 0.25) is 0 Å². The number of hydrogen-bond acceptors (Lipinski definition) is 4. The molecule has 0 saturated heterocycles. The zero-order valence-corrected chi connectivity index (χ0v) is 18.2. The number of carboxylic acids is 1. The maximum Gasteiger partial charge on any atom is 0.330 e. The number of nitrogens with one attached hydrogen (secondary N) is 2. The first-order valence-corrected chi connectivity index (χ1v) is 11.6. The van der Waals surface area contributed by atoms with Gasteiger partial charge in [-0.3, -0.25) is 9.97 Å². The summed E-state index contributed by atoms with van der Waals surface area (Å²) in [5.41, 5.74) is -0.0380. The molecular weight excluding hydrogens is 404 g/mol. The van der Waals surface area contributed by atoms with Gasteiger partial charge in [0.1, 0.15) is 5.54 Å². The number of aliphatic carboxylic acids is 1. The van der Waals surface area contributed by atoms with E-state index in [2.05, 4.69) is 20.6 Å². The first-order chi connectivity index (χ1) is 15.4. The van der Waals surface area contributed by atoms with Gasteiger partial charge >= 0.3 is 12.0 Å². The summed E-state index contributed by atoms with van der Waals surface area (Å²) in [5.74, 6) is 1.03. The first-order valence-electron chi connectivity index (χ1n) is 11.6. The SMILES string of the molecule is O=C(NC12CC3CC(CC(C3)C1)C2)NC(Cc1ccncc1)(Cc1ccncc1)C(=O)O. The second-order valence-electron chi connectivity index (χ2n) is 10.2. The Morgan fingerprint density at radius 3 is 1.72 bits per heavy atom. The number of carbonyl (C=O) groups is 2. The summed E-state index contributed by atoms with van der Waals surface area (Å²) < 4.78 is 0. The molecule has 0 aromatic carbocycles. The largest absolute Gasteiger partial charge is 0.479 e. The van der Waals surface area contributed by atoms with Gasteiger partial charge in [-0.1, -0.05) is 0 Å². The Labute approximate surface area is 188 Å². The van der Waals surface area contributed by atoms with Crippen LogP contribution < -0.4 is 10.6 Å². The molecule has 0 unspecified atom stereocenters. The third-order valence-corrected chi connectivity index (χ3v) is 7.69. The van der Waals surface area contributed by atoms with E-state index in [0.717, 1.165) is 30.4 Å². The Balaban J connectivity index is 1.39. The second-order valence-corrected chi connectivity index (χ2v) is 10.2. The maximum atomic E-state index is 13.3. The van der Waals surface area contributed by atoms with E-state index >= 15 is 0 Å². The lowest BCUT2D eigenvalue weighted by atomic mass is 9.53. The molecule has 2 heterocycles. The zero-order chi connectivity index (χ0) is 22.2. The van der Waals surface area contributed by atoms with Gasteiger partial charge in [-0.2, -0.15) is 0 Å². The minimum Gasteiger partial charge on any atom is -0.479 e. The molecule has 2 amide bonds. The fourth-order valence-electron chi connectivity index (χ4n) is 6.81. The third-order valence-electron chi connectivity index (χ3n) is 7.69. The van der Waals surface area contributed by atoms with E-state index in [-0.39, 0.29) is 24.4 Å². The quantitative estimate of drug-likeness (QED) is 0.620. The van der Waals surface area contributed by atoms with Crippen LogP contribution in [0.25, 0.3) is 0 Å². The van der Waals surface area contributed by atoms with E-state index < -0.39 is 11.5 Å². The molecule has 2 aromatic rings. The van der Waals surface area contributed by atoms with Crippen molar-refractivity contribution in [2.75, 3.05) is 0 Å². The number of urea groups is 1. The van der Waals surface area contributed by atoms with Crippen molar-refractivity contribution in [3.8, 4) is 0 Å². The van der Waals surface area contributed by atoms with Crippen molar-refractivity contribution >= 4 is 12.0 Å². The first kappa shape index (κ1) is 20.9. The predicted molar refractivity (Wildman–Crippen MR) is 119 cm³/mol. The zero-order valence-electron chi connectivity index (χ0n) is 18.2. The van der Waals surface area contributed by atoms with Crippen LogP contribution in [0.5, 0.6) is 0 Å². The summed E-state index contributed by atoms with van der Waals surface area (Å²) in [6.45, 7) is 0. The fraction of sp³-hybridized carbons (Fsp3) is 0.520. The Kier molecular flexibility index (Phi) is 5.35. The molecule has 4 aliphatic carbocycles. The van der Waals surface area contributed by atoms with Gasteiger partial charge in [0.25, 0.3) is 0 Å². The van der Waals surface area contributed by atoms with Crippen LogP contribution in [-0.2, 0) is 17.6 Å². The van der Waals surface area contributed by atoms with Crippen molar-refractivity contribution in [2.24, 2.45) is 17.8 Å². The summed E-state index contributed by atoms with van der Waals surface area (Å²) in [5, 5.41) is 16.5. The molecule has 3 N–H and O–H groups in total. The van der Waals surface area contributed by atoms with Crippen molar-refractivity contribution < 1.29 is 14.7 Å². The summed E-state index contributed by atoms with van der Waals surface area (Å²) >= 11 is 0. The predicted octanol–water partition coefficient (Wildman–Crippen LogP) is 3.35. The van der Waals surface area contributed by atoms with Crippen LogP contribution >= 0.6 is 0 Å². The van der Waals surface area contributed by atoms with E-state index in [1.165, 1.54) is 19.3 Å². The number of rotatable bonds is 7. The number of hydrogen-bond donors (Lipinski definition) is 3. The number of amides is 2. The molecule has 0 spiro atoms. The number of carboxylic acid groups (broad SMARTS) is 1. The molecule has 168 valence electrons. The minimum atomic E-state index is -1.48. The van der Waals surface area contributed by atoms with Crippen LogP contribution in [0.1, 0.15) is 49.7 Å². The van der Waals surface area contributed by atoms with Gasteiger partial charge in [-0.25, -0.2) is 9.59 Å². The van der Waals surface area contributed by atoms with Crippen LogP contribution in [0.15, 0.2) is 49.1 Å². The van der Waals surface area contributed by atoms with Crippen molar-refractivity contribution in [3.05, 3.63) is 60.2 Å². The molecule has 7 nitrogen and oxygen atoms in total. The van der Waals surface area contributed by atoms with Crippen molar-refractivity contribution in [2.45, 2.75) is 62.4 Å². The summed E-state index contributed by atoms with van der Waals surface area (Å²) in [6.07, 6.45) is 13.8. The molecule has 2 aromatic heterocycles. The molecule has 4 fully saturated rings. The second kappa shape index (κ2) is 8.19. The summed E-state index contributed by atoms with van der Waals surface area (Å²) in [4.78, 5) is 34.0. The highest BCUT2D eigenvalue weighted by Gasteiger charge is 2.52. The molecule has 4 aliphatic rings. The standard InChI is InChI=1S/C25H30N4O3/c30-22(31)25(15-17-1-5-26-6-2-17,16-18-3-7-27-8-4-18)29-23(32)28-24-12-19-9-20(13-24)11-21(10-19)14-24/h1-8,19-21H,9-16H2,(H,30,31)(H2,28,29,32). The number of nitrogens with zero attached hydrogens (tertiary/aromatic N) is 2. The molecule has 6 rings (SSSR count). The number of pyridine rings is 2. The lowest BCUT2D eigenvalue weighted by molar-refractivity contribution is -0.144. The lowest BCUT2D eigenvalue weighted by Crippen LogP contribution is -2.66. The highest BCUT2D eigenvalue weighted by Crippen LogP contribution is 2.55. The van der Waals surface area contributed by atoms with E-state index in [0.29, 0.717) is 17.8 Å². The number of aromatic nitrogens is 2. The lowest BCUT2D eigenvalue weighted by Gasteiger charge is -2.57. The molecule has 0 radical (unpaired) electrons. The fourth-order valence-corrected chi connectivity index (χ4v) is 6.81. The van der Waals surface area contributed by atoms with E-state index in [4.69, 9.17) is 0 Å². The third kappa shape index (κ3) is 4.20. The molecular formula is C25H30N4O3. The molecule has 4 saturated carbocycles. The topological polar surface area (TPSA) is 104 Å². The molecule has 32 heavy (non-hydrogen) atoms. The highest BCUT2D eigenvalue weighted by atomic mass is 16.4. The van der Waals surface area contributed by atoms with Crippen LogP contribution in [-0.4, -0.2) is 38.2 Å². The average Bonchev–Trinajstić information content (AvgIpc) is 2.73. The highest BCUT2D eigenvalue weighted by molar-refractivity contribution is 5.87. The maximum absolute atomic E-state index is 13.3. The van der Waals surface area contributed by atoms with Crippen LogP contribution in [0.3, 0.4) is 0 Å². The van der Waals surface area contributed by atoms with Gasteiger partial charge in [-0.15, -0.1) is 0 Å². The van der Waals surface area contributed by atoms with Gasteiger partial charge in [-0.05, 0) is 91.7 Å². The molecule has 7 heteroatoms. The monoisotopic (exact) mass is 434 g/mol. The van der Waals surface area contributed by atoms with Gasteiger partial charge in [0.2, 0.25) is 0 Å². The van der Waals surface area contributed by atoms with E-state index in [1.54, 1.807) is 49.1 Å². The van der Waals surface area contributed by atoms with E-state index in [1.807, 2.05) is 0 Å². The smallest absolute Gasteiger partial charge is 0.330 e. The van der Waals surface area contributed by atoms with Gasteiger partial charge in [0.15, 0.2) is 0 Å². The molecule has 4 bridgehead atoms. The summed E-state index contributed by atoms with van der Waals surface area (Å²) in [6, 6.07) is 6.80. The van der Waals surface area contributed by atoms with E-state index in [9.17, 15) is 14.7 Å². The Hall–Kier alpha value is -2.96. The van der Waals surface area contributed by atoms with Gasteiger partial charge < -0.3 is 15.7 Å². The van der Waals surface area contributed by atoms with Crippen molar-refractivity contribution in [1.82, 2.24) is 20.6 Å². The summed E-state index contributed by atoms with van der Waals surface area (Å²) in [7, 11) is 0. The van der Waals surface area contributed by atoms with Crippen molar-refractivity contribution in [1.29, 1.82) is 0 Å². The average molecular weight is 435 g/mol.